The minimum absolute atomic E-state index is 0.0951. The summed E-state index contributed by atoms with van der Waals surface area (Å²) in [4.78, 5) is 50.7. The smallest absolute Gasteiger partial charge is 0.326 e. The topological polar surface area (TPSA) is 92.8 Å². The molecule has 7 nitrogen and oxygen atoms in total. The molecular weight excluding hydrogens is 588 g/mol. The van der Waals surface area contributed by atoms with Crippen LogP contribution in [0, 0.1) is 11.8 Å². The van der Waals surface area contributed by atoms with Gasteiger partial charge in [-0.2, -0.15) is 0 Å². The summed E-state index contributed by atoms with van der Waals surface area (Å²) in [6.07, 6.45) is 1.79. The number of anilines is 1. The van der Waals surface area contributed by atoms with Crippen LogP contribution in [0.25, 0.3) is 0 Å². The van der Waals surface area contributed by atoms with E-state index in [1.807, 2.05) is 13.0 Å². The number of esters is 1. The van der Waals surface area contributed by atoms with E-state index in [9.17, 15) is 19.2 Å². The average Bonchev–Trinajstić information content (AvgIpc) is 2.92. The third kappa shape index (κ3) is 5.13. The van der Waals surface area contributed by atoms with Crippen LogP contribution in [0.2, 0.25) is 0 Å². The molecule has 0 radical (unpaired) electrons. The summed E-state index contributed by atoms with van der Waals surface area (Å²) in [7, 11) is 0. The van der Waals surface area contributed by atoms with E-state index in [0.717, 1.165) is 21.4 Å². The number of benzene rings is 1. The first kappa shape index (κ1) is 23.4. The van der Waals surface area contributed by atoms with Crippen molar-refractivity contribution in [3.05, 3.63) is 28.2 Å². The Bertz CT molecular complexity index is 850. The fraction of sp³-hybridized carbons (Fsp3) is 0.500. The Morgan fingerprint density at radius 2 is 1.73 bits per heavy atom. The maximum Gasteiger partial charge on any atom is 0.326 e. The van der Waals surface area contributed by atoms with Gasteiger partial charge in [0.1, 0.15) is 6.54 Å². The number of rotatable bonds is 6. The lowest BCUT2D eigenvalue weighted by Gasteiger charge is -2.29. The second-order valence-electron chi connectivity index (χ2n) is 7.34. The summed E-state index contributed by atoms with van der Waals surface area (Å²) in [5.41, 5.74) is 1.58. The molecule has 1 aromatic rings. The summed E-state index contributed by atoms with van der Waals surface area (Å²) in [5, 5.41) is 2.71. The van der Waals surface area contributed by atoms with Gasteiger partial charge in [0.25, 0.3) is 5.91 Å². The fourth-order valence-corrected chi connectivity index (χ4v) is 5.45. The molecule has 2 fully saturated rings. The van der Waals surface area contributed by atoms with E-state index < -0.39 is 36.9 Å². The maximum atomic E-state index is 12.6. The van der Waals surface area contributed by atoms with Crippen molar-refractivity contribution in [2.75, 3.05) is 18.5 Å². The SMILES string of the molecule is CCc1cc(Br)ccc1NC(=O)COC(=O)CN1C(=O)[C@@H]2C[C@@H](Br)[C@@H](Br)C[C@H]2C1=O. The number of nitrogens with one attached hydrogen (secondary N) is 1. The molecule has 1 aliphatic carbocycles. The van der Waals surface area contributed by atoms with E-state index in [0.29, 0.717) is 18.5 Å². The molecule has 1 heterocycles. The Morgan fingerprint density at radius 1 is 1.13 bits per heavy atom. The first-order valence-electron chi connectivity index (χ1n) is 9.58. The van der Waals surface area contributed by atoms with Crippen LogP contribution in [0.15, 0.2) is 22.7 Å². The summed E-state index contributed by atoms with van der Waals surface area (Å²) in [5.74, 6) is -2.82. The van der Waals surface area contributed by atoms with Crippen molar-refractivity contribution in [3.8, 4) is 0 Å². The molecule has 0 bridgehead atoms. The standard InChI is InChI=1S/C20H21Br3N2O5/c1-2-10-5-11(21)3-4-16(10)24-17(26)9-30-18(27)8-25-19(28)12-6-14(22)15(23)7-13(12)20(25)29/h3-5,12-15H,2,6-9H2,1H3,(H,24,26)/t12-,13-,14-,15+/m1/s1. The zero-order valence-corrected chi connectivity index (χ0v) is 21.0. The quantitative estimate of drug-likeness (QED) is 0.304. The van der Waals surface area contributed by atoms with E-state index in [1.165, 1.54) is 0 Å². The number of aryl methyl sites for hydroxylation is 1. The number of imide groups is 1. The molecule has 0 aromatic heterocycles. The van der Waals surface area contributed by atoms with Gasteiger partial charge in [0.2, 0.25) is 11.8 Å². The van der Waals surface area contributed by atoms with Crippen LogP contribution in [0.1, 0.15) is 25.3 Å². The van der Waals surface area contributed by atoms with Gasteiger partial charge in [0.05, 0.1) is 11.8 Å². The van der Waals surface area contributed by atoms with E-state index >= 15 is 0 Å². The molecule has 1 aromatic carbocycles. The van der Waals surface area contributed by atoms with E-state index in [1.54, 1.807) is 12.1 Å². The summed E-state index contributed by atoms with van der Waals surface area (Å²) >= 11 is 10.4. The van der Waals surface area contributed by atoms with Crippen LogP contribution < -0.4 is 5.32 Å². The zero-order valence-electron chi connectivity index (χ0n) is 16.2. The molecule has 1 saturated heterocycles. The van der Waals surface area contributed by atoms with Crippen molar-refractivity contribution >= 4 is 77.2 Å². The van der Waals surface area contributed by atoms with Crippen LogP contribution in [0.4, 0.5) is 5.69 Å². The predicted molar refractivity (Wildman–Crippen MR) is 121 cm³/mol. The van der Waals surface area contributed by atoms with Gasteiger partial charge >= 0.3 is 5.97 Å². The molecule has 0 unspecified atom stereocenters. The normalized spacial score (nSPS) is 25.8. The molecule has 162 valence electrons. The Morgan fingerprint density at radius 3 is 2.30 bits per heavy atom. The highest BCUT2D eigenvalue weighted by Crippen LogP contribution is 2.43. The number of hydrogen-bond acceptors (Lipinski definition) is 5. The van der Waals surface area contributed by atoms with Crippen molar-refractivity contribution in [2.24, 2.45) is 11.8 Å². The summed E-state index contributed by atoms with van der Waals surface area (Å²) < 4.78 is 5.91. The number of nitrogens with zero attached hydrogens (tertiary/aromatic N) is 1. The van der Waals surface area contributed by atoms with Crippen molar-refractivity contribution in [1.29, 1.82) is 0 Å². The number of hydrogen-bond donors (Lipinski definition) is 1. The van der Waals surface area contributed by atoms with Crippen LogP contribution in [0.3, 0.4) is 0 Å². The van der Waals surface area contributed by atoms with Gasteiger partial charge in [0.15, 0.2) is 6.61 Å². The van der Waals surface area contributed by atoms with Crippen molar-refractivity contribution in [2.45, 2.75) is 35.8 Å². The first-order chi connectivity index (χ1) is 14.2. The number of ether oxygens (including phenoxy) is 1. The van der Waals surface area contributed by atoms with Crippen molar-refractivity contribution in [3.63, 3.8) is 0 Å². The molecule has 1 N–H and O–H groups in total. The van der Waals surface area contributed by atoms with E-state index in [-0.39, 0.29) is 21.5 Å². The van der Waals surface area contributed by atoms with Gasteiger partial charge < -0.3 is 10.1 Å². The lowest BCUT2D eigenvalue weighted by molar-refractivity contribution is -0.154. The van der Waals surface area contributed by atoms with Gasteiger partial charge in [-0.05, 0) is 43.0 Å². The van der Waals surface area contributed by atoms with Crippen molar-refractivity contribution < 1.29 is 23.9 Å². The van der Waals surface area contributed by atoms with Crippen LogP contribution in [-0.4, -0.2) is 51.4 Å². The molecular formula is C20H21Br3N2O5. The number of carbonyl (C=O) groups excluding carboxylic acids is 4. The molecule has 3 rings (SSSR count). The minimum Gasteiger partial charge on any atom is -0.454 e. The molecule has 1 aliphatic heterocycles. The third-order valence-corrected chi connectivity index (χ3v) is 8.60. The number of likely N-dealkylation sites (tertiary alicyclic amines) is 1. The predicted octanol–water partition coefficient (Wildman–Crippen LogP) is 3.42. The molecule has 30 heavy (non-hydrogen) atoms. The Hall–Kier alpha value is -1.26. The van der Waals surface area contributed by atoms with Gasteiger partial charge in [-0.1, -0.05) is 54.7 Å². The number of amides is 3. The number of fused-ring (bicyclic) bond motifs is 1. The molecule has 10 heteroatoms. The second-order valence-corrected chi connectivity index (χ2v) is 10.6. The highest BCUT2D eigenvalue weighted by Gasteiger charge is 2.52. The van der Waals surface area contributed by atoms with E-state index in [4.69, 9.17) is 4.74 Å². The van der Waals surface area contributed by atoms with Crippen LogP contribution in [-0.2, 0) is 30.3 Å². The Balaban J connectivity index is 1.53. The first-order valence-corrected chi connectivity index (χ1v) is 12.2. The van der Waals surface area contributed by atoms with Crippen LogP contribution >= 0.6 is 47.8 Å². The van der Waals surface area contributed by atoms with Gasteiger partial charge in [-0.25, -0.2) is 0 Å². The maximum absolute atomic E-state index is 12.6. The van der Waals surface area contributed by atoms with Gasteiger partial charge in [0, 0.05) is 19.8 Å². The van der Waals surface area contributed by atoms with Gasteiger partial charge in [-0.15, -0.1) is 0 Å². The lowest BCUT2D eigenvalue weighted by atomic mass is 9.81. The minimum atomic E-state index is -0.789. The molecule has 0 spiro atoms. The largest absolute Gasteiger partial charge is 0.454 e. The highest BCUT2D eigenvalue weighted by molar-refractivity contribution is 9.12. The summed E-state index contributed by atoms with van der Waals surface area (Å²) in [6, 6.07) is 5.47. The highest BCUT2D eigenvalue weighted by atomic mass is 79.9. The Labute approximate surface area is 199 Å². The van der Waals surface area contributed by atoms with Crippen LogP contribution in [0.5, 0.6) is 0 Å². The third-order valence-electron chi connectivity index (χ3n) is 5.38. The van der Waals surface area contributed by atoms with Crippen molar-refractivity contribution in [1.82, 2.24) is 4.90 Å². The fourth-order valence-electron chi connectivity index (χ4n) is 3.80. The average molecular weight is 609 g/mol. The molecule has 2 aliphatic rings. The number of carbonyl (C=O) groups is 4. The Kier molecular flexibility index (Phi) is 7.73. The molecule has 3 amide bonds. The molecule has 4 atom stereocenters. The summed E-state index contributed by atoms with van der Waals surface area (Å²) in [6.45, 7) is 0.999. The lowest BCUT2D eigenvalue weighted by Crippen LogP contribution is -2.37. The van der Waals surface area contributed by atoms with Gasteiger partial charge in [-0.3, -0.25) is 24.1 Å². The molecule has 1 saturated carbocycles. The monoisotopic (exact) mass is 606 g/mol. The second kappa shape index (κ2) is 9.91. The zero-order chi connectivity index (χ0) is 22.0. The number of alkyl halides is 2. The van der Waals surface area contributed by atoms with E-state index in [2.05, 4.69) is 53.1 Å². The number of halogens is 3.